The number of aromatic nitrogens is 3. The minimum Gasteiger partial charge on any atom is -0.324 e. The summed E-state index contributed by atoms with van der Waals surface area (Å²) in [6.07, 6.45) is 1.72. The fraction of sp³-hybridized carbons (Fsp3) is 0.286. The van der Waals surface area contributed by atoms with Gasteiger partial charge in [-0.3, -0.25) is 4.79 Å². The molecule has 1 aromatic heterocycles. The smallest absolute Gasteiger partial charge is 0.240 e. The van der Waals surface area contributed by atoms with Crippen molar-refractivity contribution < 1.29 is 4.79 Å². The van der Waals surface area contributed by atoms with E-state index < -0.39 is 5.25 Å². The van der Waals surface area contributed by atoms with E-state index in [0.29, 0.717) is 15.9 Å². The van der Waals surface area contributed by atoms with E-state index in [-0.39, 0.29) is 11.9 Å². The van der Waals surface area contributed by atoms with Crippen molar-refractivity contribution in [1.82, 2.24) is 14.9 Å². The standard InChI is InChI=1S/C21H22ClN5OS/c1-3-13-9-11-14(12-10-13)18-19(20(28)23-16-8-6-5-7-15(16)22)29-21-25-24-17(4-2)27(21)26-18/h5-12,18-19,26H,3-4H2,1-2H3,(H,23,28)/t18-,19+/m1/s1. The Hall–Kier alpha value is -2.51. The number of thioether (sulfide) groups is 1. The molecule has 0 aliphatic carbocycles. The van der Waals surface area contributed by atoms with Crippen LogP contribution in [0.15, 0.2) is 53.7 Å². The number of fused-ring (bicyclic) bond motifs is 1. The van der Waals surface area contributed by atoms with Gasteiger partial charge in [0.15, 0.2) is 5.82 Å². The zero-order valence-electron chi connectivity index (χ0n) is 16.2. The SMILES string of the molecule is CCc1ccc([C@H]2Nn3c(CC)nnc3S[C@@H]2C(=O)Nc2ccccc2Cl)cc1. The Kier molecular flexibility index (Phi) is 5.78. The van der Waals surface area contributed by atoms with Crippen LogP contribution in [0.5, 0.6) is 0 Å². The van der Waals surface area contributed by atoms with Crippen molar-refractivity contribution in [2.24, 2.45) is 0 Å². The normalized spacial score (nSPS) is 18.0. The van der Waals surface area contributed by atoms with Gasteiger partial charge in [0, 0.05) is 6.42 Å². The van der Waals surface area contributed by atoms with Gasteiger partial charge < -0.3 is 10.7 Å². The van der Waals surface area contributed by atoms with Crippen molar-refractivity contribution in [2.45, 2.75) is 43.1 Å². The zero-order valence-corrected chi connectivity index (χ0v) is 17.8. The average molecular weight is 428 g/mol. The second-order valence-corrected chi connectivity index (χ2v) is 8.31. The van der Waals surface area contributed by atoms with Crippen molar-refractivity contribution in [2.75, 3.05) is 10.7 Å². The summed E-state index contributed by atoms with van der Waals surface area (Å²) in [5.74, 6) is 0.708. The van der Waals surface area contributed by atoms with Gasteiger partial charge >= 0.3 is 0 Å². The lowest BCUT2D eigenvalue weighted by molar-refractivity contribution is -0.116. The topological polar surface area (TPSA) is 71.8 Å². The monoisotopic (exact) mass is 427 g/mol. The zero-order chi connectivity index (χ0) is 20.4. The predicted molar refractivity (Wildman–Crippen MR) is 117 cm³/mol. The number of aryl methyl sites for hydroxylation is 2. The Labute approximate surface area is 179 Å². The van der Waals surface area contributed by atoms with Gasteiger partial charge in [-0.1, -0.05) is 73.6 Å². The highest BCUT2D eigenvalue weighted by molar-refractivity contribution is 8.00. The maximum Gasteiger partial charge on any atom is 0.240 e. The summed E-state index contributed by atoms with van der Waals surface area (Å²) in [5.41, 5.74) is 6.35. The van der Waals surface area contributed by atoms with Crippen LogP contribution in [0.25, 0.3) is 0 Å². The molecule has 2 aromatic carbocycles. The van der Waals surface area contributed by atoms with Gasteiger partial charge in [0.1, 0.15) is 5.25 Å². The molecule has 150 valence electrons. The first-order valence-electron chi connectivity index (χ1n) is 9.62. The predicted octanol–water partition coefficient (Wildman–Crippen LogP) is 4.45. The van der Waals surface area contributed by atoms with E-state index in [9.17, 15) is 4.79 Å². The summed E-state index contributed by atoms with van der Waals surface area (Å²) < 4.78 is 1.89. The van der Waals surface area contributed by atoms with Gasteiger partial charge in [0.25, 0.3) is 0 Å². The van der Waals surface area contributed by atoms with Crippen LogP contribution in [0, 0.1) is 0 Å². The van der Waals surface area contributed by atoms with Crippen LogP contribution in [0.1, 0.15) is 36.8 Å². The van der Waals surface area contributed by atoms with Crippen LogP contribution in [0.2, 0.25) is 5.02 Å². The molecule has 1 aliphatic heterocycles. The van der Waals surface area contributed by atoms with Crippen molar-refractivity contribution in [3.8, 4) is 0 Å². The molecule has 1 amide bonds. The highest BCUT2D eigenvalue weighted by Gasteiger charge is 2.37. The number of carbonyl (C=O) groups is 1. The van der Waals surface area contributed by atoms with E-state index in [0.717, 1.165) is 24.2 Å². The number of rotatable bonds is 5. The average Bonchev–Trinajstić information content (AvgIpc) is 3.16. The summed E-state index contributed by atoms with van der Waals surface area (Å²) in [4.78, 5) is 13.2. The van der Waals surface area contributed by atoms with Gasteiger partial charge in [-0.05, 0) is 29.7 Å². The molecule has 4 rings (SSSR count). The molecular formula is C21H22ClN5OS. The molecule has 6 nitrogen and oxygen atoms in total. The van der Waals surface area contributed by atoms with Crippen LogP contribution in [-0.2, 0) is 17.6 Å². The highest BCUT2D eigenvalue weighted by atomic mass is 35.5. The number of anilines is 1. The first kappa shape index (κ1) is 19.8. The lowest BCUT2D eigenvalue weighted by Gasteiger charge is -2.33. The number of halogens is 1. The Morgan fingerprint density at radius 3 is 2.59 bits per heavy atom. The Morgan fingerprint density at radius 1 is 1.14 bits per heavy atom. The summed E-state index contributed by atoms with van der Waals surface area (Å²) in [5, 5.41) is 12.2. The van der Waals surface area contributed by atoms with Crippen LogP contribution in [0.3, 0.4) is 0 Å². The minimum atomic E-state index is -0.430. The molecule has 0 spiro atoms. The molecule has 0 radical (unpaired) electrons. The molecule has 0 fully saturated rings. The molecule has 29 heavy (non-hydrogen) atoms. The van der Waals surface area contributed by atoms with E-state index in [1.165, 1.54) is 17.3 Å². The van der Waals surface area contributed by atoms with E-state index >= 15 is 0 Å². The third kappa shape index (κ3) is 3.97. The number of carbonyl (C=O) groups excluding carboxylic acids is 1. The molecule has 8 heteroatoms. The quantitative estimate of drug-likeness (QED) is 0.629. The highest BCUT2D eigenvalue weighted by Crippen LogP contribution is 2.38. The first-order chi connectivity index (χ1) is 14.1. The lowest BCUT2D eigenvalue weighted by atomic mass is 10.0. The Bertz CT molecular complexity index is 1020. The van der Waals surface area contributed by atoms with Crippen molar-refractivity contribution in [3.63, 3.8) is 0 Å². The third-order valence-corrected chi connectivity index (χ3v) is 6.50. The molecule has 2 heterocycles. The molecule has 0 saturated carbocycles. The van der Waals surface area contributed by atoms with E-state index in [1.54, 1.807) is 12.1 Å². The Balaban J connectivity index is 1.68. The minimum absolute atomic E-state index is 0.132. The summed E-state index contributed by atoms with van der Waals surface area (Å²) in [6, 6.07) is 15.4. The van der Waals surface area contributed by atoms with E-state index in [1.807, 2.05) is 23.7 Å². The maximum absolute atomic E-state index is 13.2. The molecule has 2 atom stereocenters. The Morgan fingerprint density at radius 2 is 1.90 bits per heavy atom. The molecule has 0 bridgehead atoms. The number of hydrogen-bond acceptors (Lipinski definition) is 5. The number of nitrogens with zero attached hydrogens (tertiary/aromatic N) is 3. The van der Waals surface area contributed by atoms with Gasteiger partial charge in [-0.25, -0.2) is 4.68 Å². The molecule has 1 aliphatic rings. The second-order valence-electron chi connectivity index (χ2n) is 6.80. The third-order valence-electron chi connectivity index (χ3n) is 4.96. The lowest BCUT2D eigenvalue weighted by Crippen LogP contribution is -2.41. The van der Waals surface area contributed by atoms with Gasteiger partial charge in [-0.15, -0.1) is 10.2 Å². The maximum atomic E-state index is 13.2. The van der Waals surface area contributed by atoms with Crippen LogP contribution in [-0.4, -0.2) is 26.0 Å². The number of hydrogen-bond donors (Lipinski definition) is 2. The van der Waals surface area contributed by atoms with Gasteiger partial charge in [0.05, 0.1) is 16.8 Å². The summed E-state index contributed by atoms with van der Waals surface area (Å²) in [6.45, 7) is 4.16. The number of nitrogens with one attached hydrogen (secondary N) is 2. The van der Waals surface area contributed by atoms with E-state index in [2.05, 4.69) is 52.1 Å². The van der Waals surface area contributed by atoms with Crippen molar-refractivity contribution in [1.29, 1.82) is 0 Å². The summed E-state index contributed by atoms with van der Waals surface area (Å²) >= 11 is 7.64. The number of para-hydroxylation sites is 1. The number of benzene rings is 2. The summed E-state index contributed by atoms with van der Waals surface area (Å²) in [7, 11) is 0. The van der Waals surface area contributed by atoms with Gasteiger partial charge in [-0.2, -0.15) is 0 Å². The molecule has 3 aromatic rings. The fourth-order valence-electron chi connectivity index (χ4n) is 3.30. The van der Waals surface area contributed by atoms with Crippen molar-refractivity contribution >= 4 is 35.0 Å². The van der Waals surface area contributed by atoms with Crippen LogP contribution >= 0.6 is 23.4 Å². The fourth-order valence-corrected chi connectivity index (χ4v) is 4.59. The van der Waals surface area contributed by atoms with Crippen LogP contribution in [0.4, 0.5) is 5.69 Å². The van der Waals surface area contributed by atoms with Crippen LogP contribution < -0.4 is 10.7 Å². The largest absolute Gasteiger partial charge is 0.324 e. The molecule has 0 unspecified atom stereocenters. The van der Waals surface area contributed by atoms with E-state index in [4.69, 9.17) is 11.6 Å². The van der Waals surface area contributed by atoms with Crippen molar-refractivity contribution in [3.05, 3.63) is 70.5 Å². The number of amides is 1. The second kappa shape index (κ2) is 8.47. The molecular weight excluding hydrogens is 406 g/mol. The molecule has 2 N–H and O–H groups in total. The first-order valence-corrected chi connectivity index (χ1v) is 10.9. The molecule has 0 saturated heterocycles. The van der Waals surface area contributed by atoms with Gasteiger partial charge in [0.2, 0.25) is 11.1 Å².